The molecule has 24 heavy (non-hydrogen) atoms. The Morgan fingerprint density at radius 3 is 1.79 bits per heavy atom. The van der Waals surface area contributed by atoms with Gasteiger partial charge in [0.25, 0.3) is 0 Å². The van der Waals surface area contributed by atoms with Crippen LogP contribution in [0, 0.1) is 11.6 Å². The van der Waals surface area contributed by atoms with Crippen molar-refractivity contribution in [2.75, 3.05) is 26.6 Å². The lowest BCUT2D eigenvalue weighted by molar-refractivity contribution is -0.879. The molecule has 2 rings (SSSR count). The van der Waals surface area contributed by atoms with Gasteiger partial charge in [-0.3, -0.25) is 0 Å². The molecule has 0 saturated carbocycles. The lowest BCUT2D eigenvalue weighted by Gasteiger charge is -2.26. The Balaban J connectivity index is 2.21. The van der Waals surface area contributed by atoms with Gasteiger partial charge < -0.3 is 4.48 Å². The van der Waals surface area contributed by atoms with Crippen molar-refractivity contribution in [3.05, 3.63) is 77.4 Å². The fourth-order valence-electron chi connectivity index (χ4n) is 2.49. The first-order valence-electron chi connectivity index (χ1n) is 8.01. The maximum atomic E-state index is 13.2. The Kier molecular flexibility index (Phi) is 6.52. The fraction of sp³-hybridized carbons (Fsp3) is 0.300. The molecule has 0 amide bonds. The fourth-order valence-corrected chi connectivity index (χ4v) is 2.61. The molecule has 0 fully saturated rings. The predicted molar refractivity (Wildman–Crippen MR) is 96.8 cm³/mol. The molecular weight excluding hydrogens is 328 g/mol. The van der Waals surface area contributed by atoms with E-state index in [9.17, 15) is 8.78 Å². The van der Waals surface area contributed by atoms with Gasteiger partial charge in [0.2, 0.25) is 0 Å². The van der Waals surface area contributed by atoms with Crippen LogP contribution in [-0.4, -0.2) is 31.1 Å². The van der Waals surface area contributed by atoms with E-state index < -0.39 is 0 Å². The zero-order chi connectivity index (χ0) is 17.6. The van der Waals surface area contributed by atoms with Crippen molar-refractivity contribution in [1.29, 1.82) is 0 Å². The third kappa shape index (κ3) is 5.43. The summed E-state index contributed by atoms with van der Waals surface area (Å²) in [4.78, 5) is 0. The topological polar surface area (TPSA) is 0 Å². The Hall–Kier alpha value is -1.71. The number of allylic oxidation sites excluding steroid dienone is 1. The molecule has 0 saturated heterocycles. The first-order chi connectivity index (χ1) is 11.4. The molecule has 1 nitrogen and oxygen atoms in total. The Morgan fingerprint density at radius 2 is 1.38 bits per heavy atom. The number of halogens is 3. The van der Waals surface area contributed by atoms with Crippen LogP contribution in [0.2, 0.25) is 0 Å². The molecule has 0 atom stereocenters. The summed E-state index contributed by atoms with van der Waals surface area (Å²) in [5, 5.41) is 0. The molecule has 0 heterocycles. The molecule has 0 N–H and O–H groups in total. The predicted octanol–water partition coefficient (Wildman–Crippen LogP) is 5.45. The van der Waals surface area contributed by atoms with Crippen molar-refractivity contribution in [1.82, 2.24) is 0 Å². The Morgan fingerprint density at radius 1 is 0.917 bits per heavy atom. The zero-order valence-corrected chi connectivity index (χ0v) is 14.9. The summed E-state index contributed by atoms with van der Waals surface area (Å²) in [7, 11) is 4.19. The monoisotopic (exact) mass is 350 g/mol. The second kappa shape index (κ2) is 8.41. The van der Waals surface area contributed by atoms with Crippen LogP contribution in [0.25, 0.3) is 5.57 Å². The van der Waals surface area contributed by atoms with Gasteiger partial charge in [-0.05, 0) is 47.4 Å². The second-order valence-electron chi connectivity index (χ2n) is 6.55. The van der Waals surface area contributed by atoms with Gasteiger partial charge in [0, 0.05) is 6.42 Å². The molecule has 4 heteroatoms. The van der Waals surface area contributed by atoms with Crippen LogP contribution >= 0.6 is 11.6 Å². The van der Waals surface area contributed by atoms with E-state index in [1.165, 1.54) is 24.3 Å². The highest BCUT2D eigenvalue weighted by Crippen LogP contribution is 2.25. The quantitative estimate of drug-likeness (QED) is 0.269. The molecule has 2 aromatic rings. The lowest BCUT2D eigenvalue weighted by atomic mass is 9.96. The average Bonchev–Trinajstić information content (AvgIpc) is 2.57. The van der Waals surface area contributed by atoms with Crippen LogP contribution in [0.3, 0.4) is 0 Å². The van der Waals surface area contributed by atoms with Gasteiger partial charge >= 0.3 is 0 Å². The van der Waals surface area contributed by atoms with Crippen LogP contribution in [-0.2, 0) is 0 Å². The van der Waals surface area contributed by atoms with E-state index in [1.807, 2.05) is 0 Å². The van der Waals surface area contributed by atoms with Gasteiger partial charge in [0.1, 0.15) is 11.6 Å². The van der Waals surface area contributed by atoms with Gasteiger partial charge in [-0.2, -0.15) is 0 Å². The molecule has 0 bridgehead atoms. The van der Waals surface area contributed by atoms with E-state index in [1.54, 1.807) is 24.3 Å². The summed E-state index contributed by atoms with van der Waals surface area (Å²) in [5.41, 5.74) is 2.84. The van der Waals surface area contributed by atoms with E-state index in [0.29, 0.717) is 6.00 Å². The summed E-state index contributed by atoms with van der Waals surface area (Å²) in [6.45, 7) is 0.972. The molecule has 0 unspecified atom stereocenters. The average molecular weight is 351 g/mol. The molecule has 0 aliphatic heterocycles. The van der Waals surface area contributed by atoms with Gasteiger partial charge in [0.05, 0.1) is 20.6 Å². The van der Waals surface area contributed by atoms with Crippen LogP contribution in [0.1, 0.15) is 24.0 Å². The smallest absolute Gasteiger partial charge is 0.154 e. The molecular formula is C20H23ClF2N+. The molecule has 0 aliphatic carbocycles. The number of hydrogen-bond donors (Lipinski definition) is 0. The van der Waals surface area contributed by atoms with Crippen molar-refractivity contribution >= 4 is 17.2 Å². The highest BCUT2D eigenvalue weighted by Gasteiger charge is 2.12. The minimum absolute atomic E-state index is 0.265. The number of nitrogens with zero attached hydrogens (tertiary/aromatic N) is 1. The first-order valence-corrected chi connectivity index (χ1v) is 8.55. The van der Waals surface area contributed by atoms with Crippen LogP contribution in [0.15, 0.2) is 54.6 Å². The Labute approximate surface area is 147 Å². The van der Waals surface area contributed by atoms with E-state index in [-0.39, 0.29) is 11.6 Å². The molecule has 0 spiro atoms. The van der Waals surface area contributed by atoms with Gasteiger partial charge in [-0.15, -0.1) is 0 Å². The van der Waals surface area contributed by atoms with Crippen molar-refractivity contribution in [3.63, 3.8) is 0 Å². The lowest BCUT2D eigenvalue weighted by Crippen LogP contribution is -2.38. The summed E-state index contributed by atoms with van der Waals surface area (Å²) >= 11 is 5.94. The van der Waals surface area contributed by atoms with Gasteiger partial charge in [0.15, 0.2) is 6.00 Å². The highest BCUT2D eigenvalue weighted by atomic mass is 35.5. The van der Waals surface area contributed by atoms with Gasteiger partial charge in [-0.25, -0.2) is 8.78 Å². The summed E-state index contributed by atoms with van der Waals surface area (Å²) in [6.07, 6.45) is 4.00. The summed E-state index contributed by atoms with van der Waals surface area (Å²) < 4.78 is 27.2. The van der Waals surface area contributed by atoms with E-state index >= 15 is 0 Å². The maximum absolute atomic E-state index is 13.2. The number of hydrogen-bond acceptors (Lipinski definition) is 0. The minimum atomic E-state index is -0.265. The third-order valence-electron chi connectivity index (χ3n) is 3.95. The molecule has 128 valence electrons. The first kappa shape index (κ1) is 18.6. The van der Waals surface area contributed by atoms with E-state index in [0.717, 1.165) is 40.6 Å². The maximum Gasteiger partial charge on any atom is 0.154 e. The van der Waals surface area contributed by atoms with Crippen molar-refractivity contribution in [2.24, 2.45) is 0 Å². The van der Waals surface area contributed by atoms with Crippen LogP contribution < -0.4 is 0 Å². The normalized spacial score (nSPS) is 11.4. The molecule has 0 aromatic heterocycles. The zero-order valence-electron chi connectivity index (χ0n) is 14.1. The van der Waals surface area contributed by atoms with Crippen LogP contribution in [0.5, 0.6) is 0 Å². The number of unbranched alkanes of at least 4 members (excludes halogenated alkanes) is 1. The summed E-state index contributed by atoms with van der Waals surface area (Å²) in [5.74, 6) is -0.531. The second-order valence-corrected chi connectivity index (χ2v) is 6.79. The van der Waals surface area contributed by atoms with E-state index in [4.69, 9.17) is 11.6 Å². The van der Waals surface area contributed by atoms with Crippen LogP contribution in [0.4, 0.5) is 8.78 Å². The number of quaternary nitrogens is 1. The van der Waals surface area contributed by atoms with Crippen molar-refractivity contribution in [2.45, 2.75) is 12.8 Å². The van der Waals surface area contributed by atoms with E-state index in [2.05, 4.69) is 20.2 Å². The number of rotatable bonds is 7. The highest BCUT2D eigenvalue weighted by molar-refractivity contribution is 6.16. The Bertz CT molecular complexity index is 628. The minimum Gasteiger partial charge on any atom is -0.316 e. The SMILES string of the molecule is C[N+](C)(CCl)CCCC=C(c1ccc(F)cc1)c1ccc(F)cc1. The largest absolute Gasteiger partial charge is 0.316 e. The third-order valence-corrected chi connectivity index (χ3v) is 4.60. The number of alkyl halides is 1. The number of benzene rings is 2. The van der Waals surface area contributed by atoms with Crippen molar-refractivity contribution in [3.8, 4) is 0 Å². The van der Waals surface area contributed by atoms with Gasteiger partial charge in [-0.1, -0.05) is 41.9 Å². The standard InChI is InChI=1S/C20H23ClF2N/c1-24(2,15-21)14-4-3-5-20(16-6-10-18(22)11-7-16)17-8-12-19(23)13-9-17/h5-13H,3-4,14-15H2,1-2H3/q+1. The van der Waals surface area contributed by atoms with Crippen molar-refractivity contribution < 1.29 is 13.3 Å². The molecule has 0 radical (unpaired) electrons. The summed E-state index contributed by atoms with van der Waals surface area (Å²) in [6, 6.07) is 13.4. The molecule has 0 aliphatic rings. The molecule has 2 aromatic carbocycles.